The minimum atomic E-state index is -0.0179. The first kappa shape index (κ1) is 16.2. The third-order valence-electron chi connectivity index (χ3n) is 4.47. The van der Waals surface area contributed by atoms with E-state index in [1.54, 1.807) is 19.5 Å². The zero-order chi connectivity index (χ0) is 17.4. The molecule has 0 unspecified atom stereocenters. The monoisotopic (exact) mass is 374 g/mol. The van der Waals surface area contributed by atoms with Crippen molar-refractivity contribution < 1.29 is 4.74 Å². The smallest absolute Gasteiger partial charge is 0.222 e. The summed E-state index contributed by atoms with van der Waals surface area (Å²) in [5.74, 6) is 1.56. The van der Waals surface area contributed by atoms with Crippen LogP contribution < -0.4 is 10.1 Å². The van der Waals surface area contributed by atoms with E-state index < -0.39 is 0 Å². The molecule has 128 valence electrons. The van der Waals surface area contributed by atoms with Gasteiger partial charge in [-0.25, -0.2) is 4.68 Å². The van der Waals surface area contributed by atoms with Crippen LogP contribution in [0, 0.1) is 0 Å². The summed E-state index contributed by atoms with van der Waals surface area (Å²) in [5, 5.41) is 9.06. The average molecular weight is 375 g/mol. The second-order valence-electron chi connectivity index (χ2n) is 5.92. The molecule has 0 bridgehead atoms. The van der Waals surface area contributed by atoms with Gasteiger partial charge >= 0.3 is 0 Å². The molecule has 0 saturated carbocycles. The fraction of sp³-hybridized carbons (Fsp3) is 0.222. The van der Waals surface area contributed by atoms with Crippen LogP contribution >= 0.6 is 23.2 Å². The molecule has 2 atom stereocenters. The second-order valence-corrected chi connectivity index (χ2v) is 6.76. The molecule has 0 amide bonds. The van der Waals surface area contributed by atoms with Crippen LogP contribution in [-0.2, 0) is 0 Å². The lowest BCUT2D eigenvalue weighted by Crippen LogP contribution is -2.28. The molecule has 7 heteroatoms. The van der Waals surface area contributed by atoms with Gasteiger partial charge in [-0.05, 0) is 41.8 Å². The topological polar surface area (TPSA) is 52.0 Å². The van der Waals surface area contributed by atoms with Gasteiger partial charge in [-0.15, -0.1) is 0 Å². The molecule has 0 fully saturated rings. The number of ether oxygens (including phenoxy) is 1. The van der Waals surface area contributed by atoms with E-state index in [4.69, 9.17) is 27.9 Å². The maximum Gasteiger partial charge on any atom is 0.222 e. The lowest BCUT2D eigenvalue weighted by Gasteiger charge is -2.32. The second kappa shape index (κ2) is 6.58. The van der Waals surface area contributed by atoms with Crippen molar-refractivity contribution in [3.05, 3.63) is 70.0 Å². The molecule has 0 aliphatic carbocycles. The Morgan fingerprint density at radius 1 is 1.16 bits per heavy atom. The van der Waals surface area contributed by atoms with Crippen LogP contribution in [-0.4, -0.2) is 21.9 Å². The summed E-state index contributed by atoms with van der Waals surface area (Å²) in [4.78, 5) is 4.34. The molecule has 0 saturated heterocycles. The molecule has 0 radical (unpaired) electrons. The van der Waals surface area contributed by atoms with Gasteiger partial charge in [0.05, 0.1) is 19.2 Å². The Labute approximate surface area is 155 Å². The highest BCUT2D eigenvalue weighted by Crippen LogP contribution is 2.40. The summed E-state index contributed by atoms with van der Waals surface area (Å²) in [7, 11) is 1.66. The van der Waals surface area contributed by atoms with Crippen LogP contribution in [0.4, 0.5) is 5.95 Å². The molecule has 1 aromatic heterocycles. The van der Waals surface area contributed by atoms with Gasteiger partial charge in [-0.3, -0.25) is 0 Å². The fourth-order valence-corrected chi connectivity index (χ4v) is 3.74. The van der Waals surface area contributed by atoms with Crippen LogP contribution in [0.2, 0.25) is 10.0 Å². The summed E-state index contributed by atoms with van der Waals surface area (Å²) < 4.78 is 7.11. The van der Waals surface area contributed by atoms with E-state index in [-0.39, 0.29) is 12.1 Å². The van der Waals surface area contributed by atoms with E-state index in [0.29, 0.717) is 10.0 Å². The fourth-order valence-electron chi connectivity index (χ4n) is 3.21. The minimum Gasteiger partial charge on any atom is -0.497 e. The van der Waals surface area contributed by atoms with Gasteiger partial charge in [0.2, 0.25) is 5.95 Å². The molecular weight excluding hydrogens is 359 g/mol. The quantitative estimate of drug-likeness (QED) is 0.719. The highest BCUT2D eigenvalue weighted by atomic mass is 35.5. The first-order valence-corrected chi connectivity index (χ1v) is 8.66. The number of rotatable bonds is 3. The van der Waals surface area contributed by atoms with Gasteiger partial charge in [0.25, 0.3) is 0 Å². The number of hydrogen-bond donors (Lipinski definition) is 1. The lowest BCUT2D eigenvalue weighted by molar-refractivity contribution is 0.413. The zero-order valence-corrected chi connectivity index (χ0v) is 15.0. The standard InChI is InChI=1S/C18H16Cl2N4O/c1-25-13-5-2-11(3-6-13)16-9-17(24-18(23-16)21-10-22-24)14-7-4-12(19)8-15(14)20/h2-8,10,16-17H,9H2,1H3,(H,21,22,23)/t16-,17-/m1/s1. The van der Waals surface area contributed by atoms with Crippen molar-refractivity contribution in [2.75, 3.05) is 12.4 Å². The summed E-state index contributed by atoms with van der Waals surface area (Å²) in [6.45, 7) is 0. The Hall–Kier alpha value is -2.24. The number of anilines is 1. The van der Waals surface area contributed by atoms with Crippen molar-refractivity contribution >= 4 is 29.2 Å². The molecule has 2 aromatic carbocycles. The van der Waals surface area contributed by atoms with E-state index in [1.807, 2.05) is 28.9 Å². The van der Waals surface area contributed by atoms with Crippen molar-refractivity contribution in [2.45, 2.75) is 18.5 Å². The highest BCUT2D eigenvalue weighted by Gasteiger charge is 2.31. The van der Waals surface area contributed by atoms with Crippen molar-refractivity contribution in [1.82, 2.24) is 14.8 Å². The third-order valence-corrected chi connectivity index (χ3v) is 5.03. The normalized spacial score (nSPS) is 19.2. The highest BCUT2D eigenvalue weighted by molar-refractivity contribution is 6.35. The Morgan fingerprint density at radius 2 is 1.96 bits per heavy atom. The van der Waals surface area contributed by atoms with Gasteiger partial charge < -0.3 is 10.1 Å². The van der Waals surface area contributed by atoms with E-state index in [2.05, 4.69) is 27.5 Å². The van der Waals surface area contributed by atoms with Gasteiger partial charge in [0.15, 0.2) is 0 Å². The molecule has 1 aliphatic heterocycles. The summed E-state index contributed by atoms with van der Waals surface area (Å²) in [6.07, 6.45) is 2.35. The summed E-state index contributed by atoms with van der Waals surface area (Å²) in [5.41, 5.74) is 2.14. The van der Waals surface area contributed by atoms with E-state index >= 15 is 0 Å². The largest absolute Gasteiger partial charge is 0.497 e. The molecule has 4 rings (SSSR count). The lowest BCUT2D eigenvalue weighted by atomic mass is 9.93. The molecule has 5 nitrogen and oxygen atoms in total. The van der Waals surface area contributed by atoms with Gasteiger partial charge in [-0.2, -0.15) is 10.1 Å². The van der Waals surface area contributed by atoms with Crippen LogP contribution in [0.1, 0.15) is 29.6 Å². The van der Waals surface area contributed by atoms with Crippen LogP contribution in [0.25, 0.3) is 0 Å². The van der Waals surface area contributed by atoms with Crippen LogP contribution in [0.5, 0.6) is 5.75 Å². The van der Waals surface area contributed by atoms with Crippen LogP contribution in [0.15, 0.2) is 48.8 Å². The molecule has 0 spiro atoms. The average Bonchev–Trinajstić information content (AvgIpc) is 3.10. The number of halogens is 2. The molecule has 1 aliphatic rings. The van der Waals surface area contributed by atoms with E-state index in [9.17, 15) is 0 Å². The number of hydrogen-bond acceptors (Lipinski definition) is 4. The predicted octanol–water partition coefficient (Wildman–Crippen LogP) is 4.74. The van der Waals surface area contributed by atoms with Gasteiger partial charge in [-0.1, -0.05) is 41.4 Å². The molecule has 25 heavy (non-hydrogen) atoms. The number of nitrogens with zero attached hydrogens (tertiary/aromatic N) is 3. The molecule has 1 N–H and O–H groups in total. The maximum atomic E-state index is 6.45. The summed E-state index contributed by atoms with van der Waals surface area (Å²) >= 11 is 12.5. The number of fused-ring (bicyclic) bond motifs is 1. The third kappa shape index (κ3) is 3.05. The SMILES string of the molecule is COc1ccc([C@H]2C[C@H](c3ccc(Cl)cc3Cl)n3ncnc3N2)cc1. The van der Waals surface area contributed by atoms with Gasteiger partial charge in [0, 0.05) is 10.0 Å². The number of benzene rings is 2. The van der Waals surface area contributed by atoms with Crippen molar-refractivity contribution in [1.29, 1.82) is 0 Å². The first-order valence-electron chi connectivity index (χ1n) is 7.90. The molecule has 3 aromatic rings. The van der Waals surface area contributed by atoms with Crippen molar-refractivity contribution in [3.63, 3.8) is 0 Å². The molecular formula is C18H16Cl2N4O. The number of methoxy groups -OCH3 is 1. The Kier molecular flexibility index (Phi) is 4.27. The Morgan fingerprint density at radius 3 is 2.68 bits per heavy atom. The van der Waals surface area contributed by atoms with Crippen molar-refractivity contribution in [2.24, 2.45) is 0 Å². The van der Waals surface area contributed by atoms with Crippen molar-refractivity contribution in [3.8, 4) is 5.75 Å². The van der Waals surface area contributed by atoms with Crippen LogP contribution in [0.3, 0.4) is 0 Å². The number of nitrogens with one attached hydrogen (secondary N) is 1. The predicted molar refractivity (Wildman–Crippen MR) is 98.6 cm³/mol. The number of aromatic nitrogens is 3. The maximum absolute atomic E-state index is 6.45. The first-order chi connectivity index (χ1) is 12.2. The Balaban J connectivity index is 1.72. The van der Waals surface area contributed by atoms with Gasteiger partial charge in [0.1, 0.15) is 12.1 Å². The summed E-state index contributed by atoms with van der Waals surface area (Å²) in [6, 6.07) is 13.7. The molecule has 2 heterocycles. The minimum absolute atomic E-state index is 0.0179. The Bertz CT molecular complexity index is 894. The van der Waals surface area contributed by atoms with E-state index in [1.165, 1.54) is 0 Å². The zero-order valence-electron chi connectivity index (χ0n) is 13.5. The van der Waals surface area contributed by atoms with E-state index in [0.717, 1.165) is 29.2 Å².